The van der Waals surface area contributed by atoms with Crippen LogP contribution in [0.3, 0.4) is 0 Å². The van der Waals surface area contributed by atoms with Crippen molar-refractivity contribution < 1.29 is 9.79 Å². The summed E-state index contributed by atoms with van der Waals surface area (Å²) in [5, 5.41) is 14.3. The molecule has 0 atom stereocenters. The normalized spacial score (nSPS) is 9.75. The van der Waals surface area contributed by atoms with Crippen LogP contribution in [0.5, 0.6) is 5.88 Å². The second-order valence-corrected chi connectivity index (χ2v) is 1.65. The topological polar surface area (TPSA) is 44.8 Å². The van der Waals surface area contributed by atoms with Crippen molar-refractivity contribution in [2.75, 3.05) is 0 Å². The number of aryl methyl sites for hydroxylation is 2. The van der Waals surface area contributed by atoms with E-state index in [0.717, 1.165) is 0 Å². The molecule has 1 aromatic rings. The molecule has 0 spiro atoms. The zero-order valence-electron chi connectivity index (χ0n) is 4.83. The van der Waals surface area contributed by atoms with E-state index in [9.17, 15) is 5.11 Å². The largest absolute Gasteiger partial charge is 0.838 e. The maximum Gasteiger partial charge on any atom is 0.147 e. The average Bonchev–Trinajstić information content (AvgIpc) is 1.85. The summed E-state index contributed by atoms with van der Waals surface area (Å²) in [5.41, 5.74) is 0. The average molecular weight is 113 g/mol. The molecular weight excluding hydrogens is 106 g/mol. The van der Waals surface area contributed by atoms with Crippen molar-refractivity contribution in [1.29, 1.82) is 0 Å². The summed E-state index contributed by atoms with van der Waals surface area (Å²) in [6, 6.07) is 0. The van der Waals surface area contributed by atoms with Gasteiger partial charge in [0.05, 0.1) is 5.21 Å². The summed E-state index contributed by atoms with van der Waals surface area (Å²) in [5.74, 6) is -0.0764. The smallest absolute Gasteiger partial charge is 0.147 e. The third-order valence-corrected chi connectivity index (χ3v) is 0.891. The molecule has 0 saturated carbocycles. The van der Waals surface area contributed by atoms with Gasteiger partial charge in [-0.05, 0) is 0 Å². The Kier molecular flexibility index (Phi) is 0.932. The summed E-state index contributed by atoms with van der Waals surface area (Å²) >= 11 is 0. The molecule has 8 heavy (non-hydrogen) atoms. The van der Waals surface area contributed by atoms with E-state index in [1.54, 1.807) is 14.1 Å². The zero-order chi connectivity index (χ0) is 6.15. The van der Waals surface area contributed by atoms with E-state index in [0.29, 0.717) is 0 Å². The van der Waals surface area contributed by atoms with Gasteiger partial charge in [-0.1, -0.05) is 0 Å². The van der Waals surface area contributed by atoms with Crippen molar-refractivity contribution in [3.8, 4) is 5.88 Å². The fraction of sp³-hybridized carbons (Fsp3) is 0.500. The second-order valence-electron chi connectivity index (χ2n) is 1.65. The molecule has 4 heteroatoms. The van der Waals surface area contributed by atoms with E-state index in [4.69, 9.17) is 0 Å². The number of aromatic nitrogens is 3. The molecular formula is C4H7N3O. The number of hydrogen-bond donors (Lipinski definition) is 0. The molecule has 0 aromatic carbocycles. The maximum atomic E-state index is 10.5. The highest BCUT2D eigenvalue weighted by Gasteiger charge is 1.95. The predicted octanol–water partition coefficient (Wildman–Crippen LogP) is -1.68. The third-order valence-electron chi connectivity index (χ3n) is 0.891. The van der Waals surface area contributed by atoms with Crippen LogP contribution in [-0.2, 0) is 14.1 Å². The molecule has 0 radical (unpaired) electrons. The Morgan fingerprint density at radius 3 is 2.62 bits per heavy atom. The SMILES string of the molecule is Cn1n[n+](C)cc1[O-]. The lowest BCUT2D eigenvalue weighted by Crippen LogP contribution is -2.29. The predicted molar refractivity (Wildman–Crippen MR) is 23.8 cm³/mol. The van der Waals surface area contributed by atoms with Gasteiger partial charge in [-0.2, -0.15) is 0 Å². The van der Waals surface area contributed by atoms with Gasteiger partial charge in [-0.3, -0.25) is 0 Å². The van der Waals surface area contributed by atoms with Gasteiger partial charge in [0.15, 0.2) is 0 Å². The van der Waals surface area contributed by atoms with Crippen LogP contribution < -0.4 is 9.79 Å². The molecule has 0 saturated heterocycles. The lowest BCUT2D eigenvalue weighted by molar-refractivity contribution is -0.732. The molecule has 0 unspecified atom stereocenters. The molecule has 0 aliphatic rings. The van der Waals surface area contributed by atoms with Crippen molar-refractivity contribution in [3.63, 3.8) is 0 Å². The van der Waals surface area contributed by atoms with E-state index in [2.05, 4.69) is 5.21 Å². The van der Waals surface area contributed by atoms with E-state index in [1.165, 1.54) is 15.6 Å². The molecule has 1 heterocycles. The van der Waals surface area contributed by atoms with Crippen molar-refractivity contribution >= 4 is 0 Å². The summed E-state index contributed by atoms with van der Waals surface area (Å²) in [4.78, 5) is 0. The van der Waals surface area contributed by atoms with Gasteiger partial charge in [0.25, 0.3) is 0 Å². The number of nitrogens with zero attached hydrogens (tertiary/aromatic N) is 3. The molecule has 1 rings (SSSR count). The molecule has 0 aliphatic carbocycles. The number of hydrogen-bond acceptors (Lipinski definition) is 2. The van der Waals surface area contributed by atoms with Crippen molar-refractivity contribution in [2.45, 2.75) is 0 Å². The Morgan fingerprint density at radius 1 is 1.88 bits per heavy atom. The van der Waals surface area contributed by atoms with Crippen LogP contribution in [0, 0.1) is 0 Å². The van der Waals surface area contributed by atoms with E-state index in [-0.39, 0.29) is 5.88 Å². The van der Waals surface area contributed by atoms with Gasteiger partial charge in [0.2, 0.25) is 0 Å². The minimum absolute atomic E-state index is 0.0764. The first kappa shape index (κ1) is 5.08. The van der Waals surface area contributed by atoms with E-state index < -0.39 is 0 Å². The van der Waals surface area contributed by atoms with Gasteiger partial charge in [-0.25, -0.2) is 0 Å². The lowest BCUT2D eigenvalue weighted by atomic mass is 10.8. The maximum absolute atomic E-state index is 10.5. The first-order valence-corrected chi connectivity index (χ1v) is 2.27. The fourth-order valence-electron chi connectivity index (χ4n) is 0.525. The summed E-state index contributed by atoms with van der Waals surface area (Å²) in [7, 11) is 3.32. The molecule has 1 aromatic heterocycles. The summed E-state index contributed by atoms with van der Waals surface area (Å²) in [6.07, 6.45) is 1.42. The van der Waals surface area contributed by atoms with E-state index >= 15 is 0 Å². The van der Waals surface area contributed by atoms with Crippen molar-refractivity contribution in [1.82, 2.24) is 9.90 Å². The summed E-state index contributed by atoms with van der Waals surface area (Å²) < 4.78 is 2.75. The molecule has 0 bridgehead atoms. The first-order valence-electron chi connectivity index (χ1n) is 2.27. The fourth-order valence-corrected chi connectivity index (χ4v) is 0.525. The molecule has 0 amide bonds. The highest BCUT2D eigenvalue weighted by molar-refractivity contribution is 4.89. The lowest BCUT2D eigenvalue weighted by Gasteiger charge is -1.89. The Bertz CT molecular complexity index is 174. The van der Waals surface area contributed by atoms with Crippen LogP contribution in [0.15, 0.2) is 6.20 Å². The minimum Gasteiger partial charge on any atom is -0.838 e. The van der Waals surface area contributed by atoms with Crippen LogP contribution in [0.25, 0.3) is 0 Å². The van der Waals surface area contributed by atoms with Gasteiger partial charge in [0, 0.05) is 0 Å². The highest BCUT2D eigenvalue weighted by atomic mass is 16.3. The monoisotopic (exact) mass is 113 g/mol. The molecule has 0 fully saturated rings. The first-order chi connectivity index (χ1) is 3.70. The van der Waals surface area contributed by atoms with Gasteiger partial charge >= 0.3 is 0 Å². The molecule has 4 nitrogen and oxygen atoms in total. The molecule has 0 aliphatic heterocycles. The standard InChI is InChI=1S/C4H7N3O/c1-6-3-4(8)7(2)5-6/h3H,1-2H3. The molecule has 44 valence electrons. The minimum atomic E-state index is -0.0764. The van der Waals surface area contributed by atoms with Crippen LogP contribution in [0.2, 0.25) is 0 Å². The highest BCUT2D eigenvalue weighted by Crippen LogP contribution is 1.90. The van der Waals surface area contributed by atoms with E-state index in [1.807, 2.05) is 0 Å². The van der Waals surface area contributed by atoms with Crippen LogP contribution in [0.4, 0.5) is 0 Å². The van der Waals surface area contributed by atoms with Gasteiger partial charge < -0.3 is 5.11 Å². The second kappa shape index (κ2) is 1.47. The Balaban J connectivity index is 3.14. The van der Waals surface area contributed by atoms with Crippen LogP contribution in [0.1, 0.15) is 0 Å². The van der Waals surface area contributed by atoms with Crippen molar-refractivity contribution in [2.24, 2.45) is 14.1 Å². The molecule has 0 N–H and O–H groups in total. The van der Waals surface area contributed by atoms with Crippen LogP contribution in [-0.4, -0.2) is 9.90 Å². The Morgan fingerprint density at radius 2 is 2.50 bits per heavy atom. The van der Waals surface area contributed by atoms with Crippen molar-refractivity contribution in [3.05, 3.63) is 6.20 Å². The Labute approximate surface area is 47.0 Å². The van der Waals surface area contributed by atoms with Crippen LogP contribution >= 0.6 is 0 Å². The Hall–Kier alpha value is -1.06. The quantitative estimate of drug-likeness (QED) is 0.377. The number of rotatable bonds is 0. The zero-order valence-corrected chi connectivity index (χ0v) is 4.83. The third kappa shape index (κ3) is 0.641. The van der Waals surface area contributed by atoms with Gasteiger partial charge in [-0.15, -0.1) is 9.36 Å². The van der Waals surface area contributed by atoms with Gasteiger partial charge in [0.1, 0.15) is 26.2 Å². The summed E-state index contributed by atoms with van der Waals surface area (Å²) in [6.45, 7) is 0.